The van der Waals surface area contributed by atoms with Gasteiger partial charge in [0.15, 0.2) is 0 Å². The van der Waals surface area contributed by atoms with Crippen molar-refractivity contribution in [2.75, 3.05) is 0 Å². The molecule has 8 heavy (non-hydrogen) atoms. The summed E-state index contributed by atoms with van der Waals surface area (Å²) in [6.45, 7) is 0. The Balaban J connectivity index is 2.11. The Hall–Kier alpha value is -0.0400. The van der Waals surface area contributed by atoms with Gasteiger partial charge in [-0.1, -0.05) is 6.42 Å². The molecule has 0 radical (unpaired) electrons. The molecule has 0 aromatic rings. The zero-order valence-electron chi connectivity index (χ0n) is 5.14. The Morgan fingerprint density at radius 3 is 2.25 bits per heavy atom. The van der Waals surface area contributed by atoms with Crippen LogP contribution in [0.5, 0.6) is 0 Å². The third-order valence-electron chi connectivity index (χ3n) is 2.79. The first kappa shape index (κ1) is 4.80. The molecule has 0 aromatic carbocycles. The van der Waals surface area contributed by atoms with Crippen molar-refractivity contribution in [2.24, 2.45) is 17.6 Å². The monoisotopic (exact) mass is 111 g/mol. The van der Waals surface area contributed by atoms with Crippen molar-refractivity contribution in [1.82, 2.24) is 0 Å². The molecule has 0 amide bonds. The van der Waals surface area contributed by atoms with Gasteiger partial charge < -0.3 is 5.73 Å². The molecule has 2 saturated carbocycles. The highest BCUT2D eigenvalue weighted by molar-refractivity contribution is 4.91. The van der Waals surface area contributed by atoms with Gasteiger partial charge in [0, 0.05) is 6.04 Å². The number of rotatable bonds is 0. The summed E-state index contributed by atoms with van der Waals surface area (Å²) in [4.78, 5) is 0. The van der Waals surface area contributed by atoms with Crippen molar-refractivity contribution < 1.29 is 0 Å². The molecule has 2 fully saturated rings. The molecule has 2 N–H and O–H groups in total. The van der Waals surface area contributed by atoms with E-state index in [0.29, 0.717) is 6.04 Å². The minimum Gasteiger partial charge on any atom is -0.327 e. The third kappa shape index (κ3) is 0.510. The normalized spacial score (nSPS) is 52.9. The van der Waals surface area contributed by atoms with Crippen molar-refractivity contribution >= 4 is 0 Å². The standard InChI is InChI=1S/C7H13N/c8-7-4-5-1-2-6(7)3-5/h5-7H,1-4,8H2/t5-,6+,7?/m1/s1. The number of fused-ring (bicyclic) bond motifs is 2. The molecule has 0 saturated heterocycles. The van der Waals surface area contributed by atoms with E-state index >= 15 is 0 Å². The molecule has 2 aliphatic carbocycles. The zero-order valence-corrected chi connectivity index (χ0v) is 5.14. The summed E-state index contributed by atoms with van der Waals surface area (Å²) < 4.78 is 0. The van der Waals surface area contributed by atoms with Crippen molar-refractivity contribution in [3.63, 3.8) is 0 Å². The van der Waals surface area contributed by atoms with Gasteiger partial charge in [0.2, 0.25) is 0 Å². The minimum atomic E-state index is 0.578. The van der Waals surface area contributed by atoms with E-state index in [4.69, 9.17) is 5.73 Å². The van der Waals surface area contributed by atoms with Gasteiger partial charge in [0.05, 0.1) is 0 Å². The van der Waals surface area contributed by atoms with Gasteiger partial charge in [0.25, 0.3) is 0 Å². The molecule has 0 spiro atoms. The van der Waals surface area contributed by atoms with Crippen LogP contribution in [0.2, 0.25) is 0 Å². The van der Waals surface area contributed by atoms with Crippen LogP contribution in [-0.4, -0.2) is 6.04 Å². The lowest BCUT2D eigenvalue weighted by Gasteiger charge is -2.15. The third-order valence-corrected chi connectivity index (χ3v) is 2.79. The van der Waals surface area contributed by atoms with Crippen LogP contribution in [0, 0.1) is 11.8 Å². The Morgan fingerprint density at radius 2 is 2.00 bits per heavy atom. The quantitative estimate of drug-likeness (QED) is 0.498. The van der Waals surface area contributed by atoms with Crippen LogP contribution in [0.3, 0.4) is 0 Å². The highest BCUT2D eigenvalue weighted by Gasteiger charge is 2.36. The number of hydrogen-bond donors (Lipinski definition) is 1. The highest BCUT2D eigenvalue weighted by Crippen LogP contribution is 2.43. The summed E-state index contributed by atoms with van der Waals surface area (Å²) in [7, 11) is 0. The minimum absolute atomic E-state index is 0.578. The smallest absolute Gasteiger partial charge is 0.00699 e. The van der Waals surface area contributed by atoms with Gasteiger partial charge in [-0.25, -0.2) is 0 Å². The molecular weight excluding hydrogens is 98.1 g/mol. The second kappa shape index (κ2) is 1.47. The predicted molar refractivity (Wildman–Crippen MR) is 33.4 cm³/mol. The Bertz CT molecular complexity index is 98.6. The summed E-state index contributed by atoms with van der Waals surface area (Å²) in [6, 6.07) is 0.578. The summed E-state index contributed by atoms with van der Waals surface area (Å²) in [5.74, 6) is 1.94. The van der Waals surface area contributed by atoms with Gasteiger partial charge in [-0.05, 0) is 31.1 Å². The lowest BCUT2D eigenvalue weighted by atomic mass is 9.96. The summed E-state index contributed by atoms with van der Waals surface area (Å²) >= 11 is 0. The fraction of sp³-hybridized carbons (Fsp3) is 1.00. The SMILES string of the molecule is NC1C[C@@H]2CC[C@H]1C2. The topological polar surface area (TPSA) is 26.0 Å². The largest absolute Gasteiger partial charge is 0.327 e. The van der Waals surface area contributed by atoms with E-state index in [1.165, 1.54) is 25.7 Å². The van der Waals surface area contributed by atoms with Gasteiger partial charge in [-0.15, -0.1) is 0 Å². The second-order valence-electron chi connectivity index (χ2n) is 3.34. The molecule has 1 unspecified atom stereocenters. The van der Waals surface area contributed by atoms with E-state index in [-0.39, 0.29) is 0 Å². The molecule has 2 bridgehead atoms. The van der Waals surface area contributed by atoms with Crippen LogP contribution < -0.4 is 5.73 Å². The molecule has 2 aliphatic rings. The van der Waals surface area contributed by atoms with E-state index in [1.54, 1.807) is 0 Å². The van der Waals surface area contributed by atoms with E-state index in [0.717, 1.165) is 11.8 Å². The van der Waals surface area contributed by atoms with Crippen LogP contribution in [-0.2, 0) is 0 Å². The number of nitrogens with two attached hydrogens (primary N) is 1. The van der Waals surface area contributed by atoms with E-state index in [1.807, 2.05) is 0 Å². The first-order valence-corrected chi connectivity index (χ1v) is 3.62. The average Bonchev–Trinajstić information content (AvgIpc) is 2.23. The zero-order chi connectivity index (χ0) is 5.56. The molecule has 0 aromatic heterocycles. The fourth-order valence-corrected chi connectivity index (χ4v) is 2.29. The first-order valence-electron chi connectivity index (χ1n) is 3.62. The van der Waals surface area contributed by atoms with Crippen molar-refractivity contribution in [2.45, 2.75) is 31.7 Å². The Kier molecular flexibility index (Phi) is 0.884. The van der Waals surface area contributed by atoms with Crippen LogP contribution >= 0.6 is 0 Å². The number of hydrogen-bond acceptors (Lipinski definition) is 1. The van der Waals surface area contributed by atoms with Crippen molar-refractivity contribution in [1.29, 1.82) is 0 Å². The Morgan fingerprint density at radius 1 is 1.12 bits per heavy atom. The molecule has 0 aliphatic heterocycles. The van der Waals surface area contributed by atoms with Crippen molar-refractivity contribution in [3.05, 3.63) is 0 Å². The summed E-state index contributed by atoms with van der Waals surface area (Å²) in [5, 5.41) is 0. The molecule has 0 heterocycles. The molecule has 3 atom stereocenters. The maximum atomic E-state index is 5.82. The first-order chi connectivity index (χ1) is 3.86. The van der Waals surface area contributed by atoms with Crippen LogP contribution in [0.25, 0.3) is 0 Å². The van der Waals surface area contributed by atoms with E-state index < -0.39 is 0 Å². The lowest BCUT2D eigenvalue weighted by molar-refractivity contribution is 0.418. The summed E-state index contributed by atoms with van der Waals surface area (Å²) in [5.41, 5.74) is 5.82. The molecule has 2 rings (SSSR count). The van der Waals surface area contributed by atoms with Crippen LogP contribution in [0.1, 0.15) is 25.7 Å². The van der Waals surface area contributed by atoms with Crippen LogP contribution in [0.4, 0.5) is 0 Å². The van der Waals surface area contributed by atoms with Gasteiger partial charge in [-0.2, -0.15) is 0 Å². The summed E-state index contributed by atoms with van der Waals surface area (Å²) in [6.07, 6.45) is 5.66. The van der Waals surface area contributed by atoms with Gasteiger partial charge in [0.1, 0.15) is 0 Å². The van der Waals surface area contributed by atoms with Crippen molar-refractivity contribution in [3.8, 4) is 0 Å². The highest BCUT2D eigenvalue weighted by atomic mass is 14.7. The maximum Gasteiger partial charge on any atom is 0.00699 e. The molecule has 1 heteroatoms. The molecule has 46 valence electrons. The molecular formula is C7H13N. The van der Waals surface area contributed by atoms with Gasteiger partial charge in [-0.3, -0.25) is 0 Å². The fourth-order valence-electron chi connectivity index (χ4n) is 2.29. The second-order valence-corrected chi connectivity index (χ2v) is 3.34. The molecule has 1 nitrogen and oxygen atoms in total. The Labute approximate surface area is 50.3 Å². The van der Waals surface area contributed by atoms with Gasteiger partial charge >= 0.3 is 0 Å². The van der Waals surface area contributed by atoms with E-state index in [2.05, 4.69) is 0 Å². The average molecular weight is 111 g/mol. The van der Waals surface area contributed by atoms with Crippen LogP contribution in [0.15, 0.2) is 0 Å². The maximum absolute atomic E-state index is 5.82. The van der Waals surface area contributed by atoms with E-state index in [9.17, 15) is 0 Å². The lowest BCUT2D eigenvalue weighted by Crippen LogP contribution is -2.26. The predicted octanol–water partition coefficient (Wildman–Crippen LogP) is 1.13.